The average molecular weight is 154 g/mol. The van der Waals surface area contributed by atoms with E-state index in [0.29, 0.717) is 6.42 Å². The summed E-state index contributed by atoms with van der Waals surface area (Å²) >= 11 is 0. The van der Waals surface area contributed by atoms with Gasteiger partial charge in [-0.15, -0.1) is 0 Å². The van der Waals surface area contributed by atoms with Crippen molar-refractivity contribution in [2.24, 2.45) is 5.73 Å². The number of rotatable bonds is 2. The third-order valence-corrected chi connectivity index (χ3v) is 1.22. The van der Waals surface area contributed by atoms with Gasteiger partial charge >= 0.3 is 7.40 Å². The van der Waals surface area contributed by atoms with Crippen LogP contribution in [0.1, 0.15) is 21.7 Å². The lowest BCUT2D eigenvalue weighted by Gasteiger charge is -2.14. The molecule has 0 rings (SSSR count). The third-order valence-electron chi connectivity index (χ3n) is 1.22. The van der Waals surface area contributed by atoms with Crippen molar-refractivity contribution in [1.29, 1.82) is 0 Å². The van der Waals surface area contributed by atoms with Gasteiger partial charge in [0.25, 0.3) is 0 Å². The highest BCUT2D eigenvalue weighted by atomic mass is 35.5. The van der Waals surface area contributed by atoms with Gasteiger partial charge in [-0.25, -0.2) is 0 Å². The SMILES string of the molecule is CCC(C)(N)C(=O)O.[Cl-].[H+]. The molecule has 0 amide bonds. The molecule has 0 bridgehead atoms. The molecule has 4 heteroatoms. The van der Waals surface area contributed by atoms with E-state index in [0.717, 1.165) is 0 Å². The van der Waals surface area contributed by atoms with Gasteiger partial charge in [0.05, 0.1) is 0 Å². The number of carboxylic acids is 1. The van der Waals surface area contributed by atoms with Crippen molar-refractivity contribution >= 4 is 5.97 Å². The Bertz CT molecular complexity index is 108. The van der Waals surface area contributed by atoms with Gasteiger partial charge < -0.3 is 23.2 Å². The standard InChI is InChI=1S/C5H11NO2.ClH/c1-3-5(2,6)4(7)8;/h3,6H2,1-2H3,(H,7,8);1H. The van der Waals surface area contributed by atoms with Crippen LogP contribution in [0.3, 0.4) is 0 Å². The lowest BCUT2D eigenvalue weighted by Crippen LogP contribution is -3.00. The van der Waals surface area contributed by atoms with Crippen molar-refractivity contribution in [3.63, 3.8) is 0 Å². The van der Waals surface area contributed by atoms with Gasteiger partial charge in [0, 0.05) is 0 Å². The molecular weight excluding hydrogens is 142 g/mol. The second kappa shape index (κ2) is 3.69. The zero-order chi connectivity index (χ0) is 6.78. The first-order valence-corrected chi connectivity index (χ1v) is 2.53. The number of hydrogen-bond donors (Lipinski definition) is 2. The van der Waals surface area contributed by atoms with Gasteiger partial charge in [-0.05, 0) is 13.3 Å². The Kier molecular flexibility index (Phi) is 4.72. The molecular formula is C5H12ClNO2. The van der Waals surface area contributed by atoms with E-state index in [1.807, 2.05) is 0 Å². The van der Waals surface area contributed by atoms with Crippen molar-refractivity contribution in [3.8, 4) is 0 Å². The maximum absolute atomic E-state index is 10.1. The zero-order valence-corrected chi connectivity index (χ0v) is 6.27. The van der Waals surface area contributed by atoms with Gasteiger partial charge in [-0.2, -0.15) is 0 Å². The van der Waals surface area contributed by atoms with Crippen molar-refractivity contribution < 1.29 is 23.7 Å². The van der Waals surface area contributed by atoms with E-state index < -0.39 is 11.5 Å². The predicted octanol–water partition coefficient (Wildman–Crippen LogP) is -2.69. The quantitative estimate of drug-likeness (QED) is 0.455. The Morgan fingerprint density at radius 2 is 2.22 bits per heavy atom. The summed E-state index contributed by atoms with van der Waals surface area (Å²) in [5.74, 6) is -0.944. The molecule has 0 saturated carbocycles. The molecule has 0 aliphatic carbocycles. The molecule has 1 unspecified atom stereocenters. The molecule has 0 radical (unpaired) electrons. The largest absolute Gasteiger partial charge is 1.00 e. The first-order valence-electron chi connectivity index (χ1n) is 2.53. The van der Waals surface area contributed by atoms with Crippen LogP contribution in [0.5, 0.6) is 0 Å². The summed E-state index contributed by atoms with van der Waals surface area (Å²) < 4.78 is 0. The second-order valence-electron chi connectivity index (χ2n) is 2.08. The highest BCUT2D eigenvalue weighted by Crippen LogP contribution is 2.02. The van der Waals surface area contributed by atoms with Crippen LogP contribution in [-0.4, -0.2) is 16.6 Å². The molecule has 0 aromatic carbocycles. The van der Waals surface area contributed by atoms with E-state index in [9.17, 15) is 4.79 Å². The minimum Gasteiger partial charge on any atom is -1.00 e. The lowest BCUT2D eigenvalue weighted by molar-refractivity contribution is -0.142. The van der Waals surface area contributed by atoms with E-state index in [2.05, 4.69) is 0 Å². The van der Waals surface area contributed by atoms with Crippen molar-refractivity contribution in [1.82, 2.24) is 0 Å². The van der Waals surface area contributed by atoms with Gasteiger partial charge in [0.2, 0.25) is 0 Å². The normalized spacial score (nSPS) is 15.4. The van der Waals surface area contributed by atoms with E-state index in [-0.39, 0.29) is 13.8 Å². The van der Waals surface area contributed by atoms with Crippen LogP contribution in [0.25, 0.3) is 0 Å². The molecule has 9 heavy (non-hydrogen) atoms. The van der Waals surface area contributed by atoms with Gasteiger partial charge in [-0.3, -0.25) is 4.79 Å². The van der Waals surface area contributed by atoms with Crippen molar-refractivity contribution in [2.75, 3.05) is 0 Å². The molecule has 3 nitrogen and oxygen atoms in total. The molecule has 0 aliphatic rings. The molecule has 3 N–H and O–H groups in total. The molecule has 0 aliphatic heterocycles. The van der Waals surface area contributed by atoms with E-state index >= 15 is 0 Å². The number of halogens is 1. The highest BCUT2D eigenvalue weighted by molar-refractivity contribution is 5.77. The molecule has 0 aromatic heterocycles. The second-order valence-corrected chi connectivity index (χ2v) is 2.08. The molecule has 0 aromatic rings. The predicted molar refractivity (Wildman–Crippen MR) is 31.6 cm³/mol. The van der Waals surface area contributed by atoms with E-state index in [4.69, 9.17) is 10.8 Å². The van der Waals surface area contributed by atoms with Crippen LogP contribution < -0.4 is 18.1 Å². The van der Waals surface area contributed by atoms with Gasteiger partial charge in [-0.1, -0.05) is 6.92 Å². The lowest BCUT2D eigenvalue weighted by atomic mass is 10.0. The summed E-state index contributed by atoms with van der Waals surface area (Å²) in [7, 11) is 0. The molecule has 1 atom stereocenters. The van der Waals surface area contributed by atoms with Crippen LogP contribution in [0.4, 0.5) is 0 Å². The molecule has 0 fully saturated rings. The summed E-state index contributed by atoms with van der Waals surface area (Å²) in [5, 5.41) is 8.32. The Labute approximate surface area is 62.1 Å². The molecule has 56 valence electrons. The fourth-order valence-electron chi connectivity index (χ4n) is 0.151. The van der Waals surface area contributed by atoms with Crippen LogP contribution >= 0.6 is 0 Å². The molecule has 0 heterocycles. The number of carbonyl (C=O) groups is 1. The maximum atomic E-state index is 10.1. The first kappa shape index (κ1) is 11.5. The van der Waals surface area contributed by atoms with E-state index in [1.54, 1.807) is 6.92 Å². The summed E-state index contributed by atoms with van der Waals surface area (Å²) in [6.45, 7) is 3.24. The van der Waals surface area contributed by atoms with Gasteiger partial charge in [0.15, 0.2) is 0 Å². The summed E-state index contributed by atoms with van der Waals surface area (Å²) in [6.07, 6.45) is 0.461. The number of carboxylic acid groups (broad SMARTS) is 1. The Morgan fingerprint density at radius 1 is 1.89 bits per heavy atom. The minimum absolute atomic E-state index is 0. The number of aliphatic carboxylic acids is 1. The monoisotopic (exact) mass is 153 g/mol. The number of nitrogens with two attached hydrogens (primary N) is 1. The Hall–Kier alpha value is -0.280. The van der Waals surface area contributed by atoms with Crippen LogP contribution in [0.2, 0.25) is 0 Å². The number of hydrogen-bond acceptors (Lipinski definition) is 2. The topological polar surface area (TPSA) is 63.3 Å². The first-order chi connectivity index (χ1) is 3.50. The fourth-order valence-corrected chi connectivity index (χ4v) is 0.151. The highest BCUT2D eigenvalue weighted by Gasteiger charge is 2.24. The van der Waals surface area contributed by atoms with Crippen LogP contribution in [-0.2, 0) is 4.79 Å². The summed E-state index contributed by atoms with van der Waals surface area (Å²) in [5.41, 5.74) is 4.22. The maximum Gasteiger partial charge on any atom is 1.00 e. The Morgan fingerprint density at radius 3 is 2.22 bits per heavy atom. The fraction of sp³-hybridized carbons (Fsp3) is 0.800. The molecule has 0 saturated heterocycles. The summed E-state index contributed by atoms with van der Waals surface area (Å²) in [4.78, 5) is 10.1. The zero-order valence-electron chi connectivity index (χ0n) is 6.52. The van der Waals surface area contributed by atoms with Crippen LogP contribution in [0.15, 0.2) is 0 Å². The van der Waals surface area contributed by atoms with E-state index in [1.165, 1.54) is 6.92 Å². The third kappa shape index (κ3) is 3.32. The molecule has 0 spiro atoms. The van der Waals surface area contributed by atoms with Crippen molar-refractivity contribution in [3.05, 3.63) is 0 Å². The minimum atomic E-state index is -1.04. The Balaban J connectivity index is -0.000000245. The van der Waals surface area contributed by atoms with Crippen LogP contribution in [0, 0.1) is 0 Å². The average Bonchev–Trinajstić information content (AvgIpc) is 1.67. The summed E-state index contributed by atoms with van der Waals surface area (Å²) in [6, 6.07) is 0. The van der Waals surface area contributed by atoms with Gasteiger partial charge in [0.1, 0.15) is 5.54 Å². The van der Waals surface area contributed by atoms with Crippen molar-refractivity contribution in [2.45, 2.75) is 25.8 Å². The smallest absolute Gasteiger partial charge is 1.00 e.